The Bertz CT molecular complexity index is 1180. The first-order chi connectivity index (χ1) is 14.4. The molecule has 0 aliphatic carbocycles. The van der Waals surface area contributed by atoms with Gasteiger partial charge >= 0.3 is 0 Å². The van der Waals surface area contributed by atoms with Crippen LogP contribution in [0.25, 0.3) is 22.6 Å². The molecule has 0 unspecified atom stereocenters. The molecule has 8 heteroatoms. The zero-order valence-corrected chi connectivity index (χ0v) is 17.7. The van der Waals surface area contributed by atoms with Crippen LogP contribution < -0.4 is 5.32 Å². The van der Waals surface area contributed by atoms with Crippen LogP contribution in [0.15, 0.2) is 58.1 Å². The summed E-state index contributed by atoms with van der Waals surface area (Å²) in [5, 5.41) is 13.0. The highest BCUT2D eigenvalue weighted by atomic mass is 32.2. The number of hydrogen-bond acceptors (Lipinski definition) is 5. The van der Waals surface area contributed by atoms with Crippen LogP contribution in [0, 0.1) is 12.7 Å². The molecule has 0 atom stereocenters. The number of rotatable bonds is 6. The lowest BCUT2D eigenvalue weighted by Crippen LogP contribution is -2.15. The molecule has 4 rings (SSSR count). The first kappa shape index (κ1) is 20.2. The maximum absolute atomic E-state index is 13.2. The molecule has 2 aromatic carbocycles. The number of aromatic nitrogens is 3. The third-order valence-electron chi connectivity index (χ3n) is 4.62. The Morgan fingerprint density at radius 1 is 1.20 bits per heavy atom. The number of amides is 1. The van der Waals surface area contributed by atoms with Crippen molar-refractivity contribution in [3.63, 3.8) is 0 Å². The van der Waals surface area contributed by atoms with Gasteiger partial charge in [-0.15, -0.1) is 10.2 Å². The number of para-hydroxylation sites is 1. The predicted molar refractivity (Wildman–Crippen MR) is 116 cm³/mol. The number of anilines is 1. The van der Waals surface area contributed by atoms with Gasteiger partial charge in [-0.25, -0.2) is 4.39 Å². The molecule has 0 fully saturated rings. The number of fused-ring (bicyclic) bond motifs is 1. The average molecular weight is 425 g/mol. The Balaban J connectivity index is 1.52. The molecule has 2 aromatic heterocycles. The van der Waals surface area contributed by atoms with Gasteiger partial charge in [0.1, 0.15) is 11.4 Å². The van der Waals surface area contributed by atoms with E-state index in [1.54, 1.807) is 13.0 Å². The Kier molecular flexibility index (Phi) is 5.59. The molecule has 30 heavy (non-hydrogen) atoms. The van der Waals surface area contributed by atoms with Gasteiger partial charge < -0.3 is 9.73 Å². The molecule has 1 amide bonds. The van der Waals surface area contributed by atoms with E-state index in [4.69, 9.17) is 4.42 Å². The molecule has 6 nitrogen and oxygen atoms in total. The maximum atomic E-state index is 13.2. The summed E-state index contributed by atoms with van der Waals surface area (Å²) in [6.45, 7) is 5.81. The highest BCUT2D eigenvalue weighted by Gasteiger charge is 2.20. The van der Waals surface area contributed by atoms with Crippen molar-refractivity contribution in [2.24, 2.45) is 0 Å². The molecule has 0 saturated heterocycles. The Labute approximate surface area is 177 Å². The fraction of sp³-hybridized carbons (Fsp3) is 0.227. The number of halogens is 1. The number of nitrogens with one attached hydrogen (secondary N) is 1. The van der Waals surface area contributed by atoms with E-state index < -0.39 is 0 Å². The number of thioether (sulfide) groups is 1. The number of furan rings is 1. The van der Waals surface area contributed by atoms with Gasteiger partial charge in [0.15, 0.2) is 10.9 Å². The van der Waals surface area contributed by atoms with Crippen LogP contribution >= 0.6 is 11.8 Å². The standard InChI is InChI=1S/C22H21FN4O2S/c1-13(2)27-21(19-11-15-6-4-5-7-18(15)29-19)25-26-22(27)30-12-20(28)24-17-9-8-16(23)10-14(17)3/h4-11,13H,12H2,1-3H3,(H,24,28). The summed E-state index contributed by atoms with van der Waals surface area (Å²) >= 11 is 1.30. The van der Waals surface area contributed by atoms with Crippen LogP contribution in [0.5, 0.6) is 0 Å². The molecular formula is C22H21FN4O2S. The van der Waals surface area contributed by atoms with Gasteiger partial charge in [-0.1, -0.05) is 30.0 Å². The van der Waals surface area contributed by atoms with Gasteiger partial charge in [-0.05, 0) is 56.7 Å². The number of carbonyl (C=O) groups is 1. The molecule has 0 saturated carbocycles. The van der Waals surface area contributed by atoms with Crippen LogP contribution in [0.2, 0.25) is 0 Å². The van der Waals surface area contributed by atoms with E-state index in [1.165, 1.54) is 23.9 Å². The van der Waals surface area contributed by atoms with E-state index in [0.717, 1.165) is 11.0 Å². The summed E-state index contributed by atoms with van der Waals surface area (Å²) in [5.41, 5.74) is 2.05. The fourth-order valence-corrected chi connectivity index (χ4v) is 4.05. The second-order valence-electron chi connectivity index (χ2n) is 7.21. The SMILES string of the molecule is Cc1cc(F)ccc1NC(=O)CSc1nnc(-c2cc3ccccc3o2)n1C(C)C. The quantitative estimate of drug-likeness (QED) is 0.417. The largest absolute Gasteiger partial charge is 0.453 e. The normalized spacial score (nSPS) is 11.4. The molecule has 4 aromatic rings. The van der Waals surface area contributed by atoms with Gasteiger partial charge in [0.05, 0.1) is 5.75 Å². The first-order valence-corrected chi connectivity index (χ1v) is 10.5. The lowest BCUT2D eigenvalue weighted by Gasteiger charge is -2.13. The molecule has 0 aliphatic rings. The van der Waals surface area contributed by atoms with Gasteiger partial charge in [0.25, 0.3) is 0 Å². The van der Waals surface area contributed by atoms with Gasteiger partial charge in [-0.3, -0.25) is 9.36 Å². The molecule has 0 radical (unpaired) electrons. The van der Waals surface area contributed by atoms with Crippen molar-refractivity contribution in [3.8, 4) is 11.6 Å². The van der Waals surface area contributed by atoms with E-state index in [9.17, 15) is 9.18 Å². The minimum absolute atomic E-state index is 0.0770. The van der Waals surface area contributed by atoms with Gasteiger partial charge in [-0.2, -0.15) is 0 Å². The highest BCUT2D eigenvalue weighted by Crippen LogP contribution is 2.31. The zero-order chi connectivity index (χ0) is 21.3. The minimum atomic E-state index is -0.331. The molecule has 1 N–H and O–H groups in total. The fourth-order valence-electron chi connectivity index (χ4n) is 3.18. The van der Waals surface area contributed by atoms with Crippen molar-refractivity contribution < 1.29 is 13.6 Å². The number of nitrogens with zero attached hydrogens (tertiary/aromatic N) is 3. The van der Waals surface area contributed by atoms with Crippen molar-refractivity contribution in [2.75, 3.05) is 11.1 Å². The van der Waals surface area contributed by atoms with Crippen molar-refractivity contribution in [1.82, 2.24) is 14.8 Å². The summed E-state index contributed by atoms with van der Waals surface area (Å²) in [6.07, 6.45) is 0. The number of benzene rings is 2. The van der Waals surface area contributed by atoms with Crippen LogP contribution in [0.4, 0.5) is 10.1 Å². The van der Waals surface area contributed by atoms with Crippen molar-refractivity contribution in [1.29, 1.82) is 0 Å². The monoisotopic (exact) mass is 424 g/mol. The smallest absolute Gasteiger partial charge is 0.234 e. The first-order valence-electron chi connectivity index (χ1n) is 9.55. The Morgan fingerprint density at radius 2 is 2.00 bits per heavy atom. The predicted octanol–water partition coefficient (Wildman–Crippen LogP) is 5.45. The Hall–Kier alpha value is -3.13. The van der Waals surface area contributed by atoms with E-state index in [0.29, 0.717) is 28.0 Å². The third-order valence-corrected chi connectivity index (χ3v) is 5.56. The van der Waals surface area contributed by atoms with Crippen LogP contribution in [0.1, 0.15) is 25.5 Å². The van der Waals surface area contributed by atoms with Crippen molar-refractivity contribution in [3.05, 3.63) is 59.9 Å². The minimum Gasteiger partial charge on any atom is -0.453 e. The molecule has 0 bridgehead atoms. The van der Waals surface area contributed by atoms with E-state index in [1.807, 2.05) is 48.7 Å². The summed E-state index contributed by atoms with van der Waals surface area (Å²) in [4.78, 5) is 12.4. The summed E-state index contributed by atoms with van der Waals surface area (Å²) in [6, 6.07) is 14.1. The number of hydrogen-bond donors (Lipinski definition) is 1. The second-order valence-corrected chi connectivity index (χ2v) is 8.16. The lowest BCUT2D eigenvalue weighted by atomic mass is 10.2. The highest BCUT2D eigenvalue weighted by molar-refractivity contribution is 7.99. The molecule has 0 aliphatic heterocycles. The molecule has 0 spiro atoms. The van der Waals surface area contributed by atoms with E-state index in [-0.39, 0.29) is 23.5 Å². The molecule has 154 valence electrons. The lowest BCUT2D eigenvalue weighted by molar-refractivity contribution is -0.113. The zero-order valence-electron chi connectivity index (χ0n) is 16.8. The second kappa shape index (κ2) is 8.31. The van der Waals surface area contributed by atoms with Gasteiger partial charge in [0.2, 0.25) is 11.7 Å². The van der Waals surface area contributed by atoms with Crippen LogP contribution in [-0.2, 0) is 4.79 Å². The average Bonchev–Trinajstić information content (AvgIpc) is 3.32. The van der Waals surface area contributed by atoms with E-state index >= 15 is 0 Å². The summed E-state index contributed by atoms with van der Waals surface area (Å²) < 4.78 is 21.1. The number of carbonyl (C=O) groups excluding carboxylic acids is 1. The summed E-state index contributed by atoms with van der Waals surface area (Å²) in [5.74, 6) is 0.886. The van der Waals surface area contributed by atoms with Crippen molar-refractivity contribution >= 4 is 34.3 Å². The van der Waals surface area contributed by atoms with Crippen LogP contribution in [-0.4, -0.2) is 26.4 Å². The maximum Gasteiger partial charge on any atom is 0.234 e. The molecular weight excluding hydrogens is 403 g/mol. The molecule has 2 heterocycles. The third kappa shape index (κ3) is 4.09. The number of aryl methyl sites for hydroxylation is 1. The summed E-state index contributed by atoms with van der Waals surface area (Å²) in [7, 11) is 0. The van der Waals surface area contributed by atoms with Crippen molar-refractivity contribution in [2.45, 2.75) is 32.0 Å². The van der Waals surface area contributed by atoms with E-state index in [2.05, 4.69) is 15.5 Å². The van der Waals surface area contributed by atoms with Gasteiger partial charge in [0, 0.05) is 17.1 Å². The van der Waals surface area contributed by atoms with Crippen LogP contribution in [0.3, 0.4) is 0 Å². The topological polar surface area (TPSA) is 73.0 Å². The Morgan fingerprint density at radius 3 is 2.73 bits per heavy atom.